The summed E-state index contributed by atoms with van der Waals surface area (Å²) in [6.07, 6.45) is 2.83. The zero-order valence-corrected chi connectivity index (χ0v) is 26.7. The second kappa shape index (κ2) is 12.7. The molecule has 5 heterocycles. The van der Waals surface area contributed by atoms with Gasteiger partial charge >= 0.3 is 0 Å². The Morgan fingerprint density at radius 2 is 1.43 bits per heavy atom. The lowest BCUT2D eigenvalue weighted by Gasteiger charge is -2.36. The smallest absolute Gasteiger partial charge is 0.255 e. The van der Waals surface area contributed by atoms with E-state index < -0.39 is 6.04 Å². The van der Waals surface area contributed by atoms with Gasteiger partial charge in [0.15, 0.2) is 11.5 Å². The van der Waals surface area contributed by atoms with E-state index in [1.54, 1.807) is 4.90 Å². The van der Waals surface area contributed by atoms with E-state index in [0.717, 1.165) is 82.3 Å². The molecule has 8 rings (SSSR count). The van der Waals surface area contributed by atoms with Gasteiger partial charge in [0.25, 0.3) is 5.91 Å². The van der Waals surface area contributed by atoms with Gasteiger partial charge in [-0.15, -0.1) is 0 Å². The molecular formula is C37H41N5O5. The standard InChI is InChI=1S/C37H41N5O5/c43-35-10-8-32(36(44)38-35)42-23-29-19-28(5-7-31(29)37(42)45)27-11-13-39(14-12-27)21-25-1-3-26(4-2-25)22-40-15-17-41(18-16-40)30-6-9-33-34(20-30)47-24-46-33/h1-7,9,19-20,27,32H,8,10-18,21-24H2,(H,38,43,44). The van der Waals surface area contributed by atoms with Crippen LogP contribution in [0.2, 0.25) is 0 Å². The van der Waals surface area contributed by atoms with E-state index in [9.17, 15) is 14.4 Å². The number of rotatable bonds is 7. The molecule has 5 aliphatic heterocycles. The molecular weight excluding hydrogens is 594 g/mol. The number of piperazine rings is 1. The minimum atomic E-state index is -0.572. The third kappa shape index (κ3) is 6.19. The van der Waals surface area contributed by atoms with Crippen molar-refractivity contribution in [2.24, 2.45) is 0 Å². The van der Waals surface area contributed by atoms with Gasteiger partial charge < -0.3 is 19.3 Å². The third-order valence-corrected chi connectivity index (χ3v) is 10.5. The molecule has 1 N–H and O–H groups in total. The van der Waals surface area contributed by atoms with Crippen LogP contribution in [0.3, 0.4) is 0 Å². The van der Waals surface area contributed by atoms with Crippen molar-refractivity contribution in [1.82, 2.24) is 20.0 Å². The third-order valence-electron chi connectivity index (χ3n) is 10.5. The molecule has 1 unspecified atom stereocenters. The Hall–Kier alpha value is -4.41. The molecule has 244 valence electrons. The highest BCUT2D eigenvalue weighted by atomic mass is 16.7. The van der Waals surface area contributed by atoms with Crippen LogP contribution in [0.25, 0.3) is 0 Å². The molecule has 0 bridgehead atoms. The highest BCUT2D eigenvalue weighted by molar-refractivity contribution is 6.05. The molecule has 10 heteroatoms. The van der Waals surface area contributed by atoms with Crippen LogP contribution in [-0.2, 0) is 29.2 Å². The molecule has 5 aliphatic rings. The number of fused-ring (bicyclic) bond motifs is 2. The number of carbonyl (C=O) groups is 3. The van der Waals surface area contributed by atoms with Crippen molar-refractivity contribution >= 4 is 23.4 Å². The molecule has 0 spiro atoms. The van der Waals surface area contributed by atoms with E-state index in [-0.39, 0.29) is 24.1 Å². The van der Waals surface area contributed by atoms with Crippen LogP contribution in [0.5, 0.6) is 11.5 Å². The van der Waals surface area contributed by atoms with Crippen molar-refractivity contribution in [2.75, 3.05) is 51.0 Å². The van der Waals surface area contributed by atoms with E-state index in [1.165, 1.54) is 22.4 Å². The van der Waals surface area contributed by atoms with E-state index in [1.807, 2.05) is 12.1 Å². The van der Waals surface area contributed by atoms with Gasteiger partial charge in [-0.2, -0.15) is 0 Å². The summed E-state index contributed by atoms with van der Waals surface area (Å²) in [5.41, 5.74) is 6.86. The number of anilines is 1. The summed E-state index contributed by atoms with van der Waals surface area (Å²) in [6, 6.07) is 21.0. The molecule has 3 fully saturated rings. The van der Waals surface area contributed by atoms with E-state index >= 15 is 0 Å². The molecule has 1 atom stereocenters. The van der Waals surface area contributed by atoms with Crippen molar-refractivity contribution in [1.29, 1.82) is 0 Å². The summed E-state index contributed by atoms with van der Waals surface area (Å²) in [4.78, 5) is 46.2. The normalized spacial score (nSPS) is 22.1. The van der Waals surface area contributed by atoms with Crippen LogP contribution in [0, 0.1) is 0 Å². The second-order valence-electron chi connectivity index (χ2n) is 13.5. The fraction of sp³-hybridized carbons (Fsp3) is 0.432. The molecule has 3 aromatic carbocycles. The van der Waals surface area contributed by atoms with Crippen molar-refractivity contribution in [2.45, 2.75) is 57.3 Å². The van der Waals surface area contributed by atoms with Crippen LogP contribution in [0.1, 0.15) is 64.2 Å². The van der Waals surface area contributed by atoms with E-state index in [4.69, 9.17) is 9.47 Å². The maximum Gasteiger partial charge on any atom is 0.255 e. The molecule has 0 aromatic heterocycles. The average Bonchev–Trinajstić information content (AvgIpc) is 3.70. The van der Waals surface area contributed by atoms with Crippen LogP contribution in [0.15, 0.2) is 60.7 Å². The highest BCUT2D eigenvalue weighted by Gasteiger charge is 2.39. The maximum atomic E-state index is 13.1. The predicted octanol–water partition coefficient (Wildman–Crippen LogP) is 3.88. The van der Waals surface area contributed by atoms with Crippen LogP contribution in [0.4, 0.5) is 5.69 Å². The Morgan fingerprint density at radius 3 is 2.15 bits per heavy atom. The fourth-order valence-corrected chi connectivity index (χ4v) is 7.79. The zero-order valence-electron chi connectivity index (χ0n) is 26.7. The number of likely N-dealkylation sites (tertiary alicyclic amines) is 1. The summed E-state index contributed by atoms with van der Waals surface area (Å²) in [7, 11) is 0. The van der Waals surface area contributed by atoms with Crippen molar-refractivity contribution in [3.05, 3.63) is 88.5 Å². The average molecular weight is 636 g/mol. The molecule has 47 heavy (non-hydrogen) atoms. The first-order chi connectivity index (χ1) is 23.0. The monoisotopic (exact) mass is 635 g/mol. The highest BCUT2D eigenvalue weighted by Crippen LogP contribution is 2.36. The van der Waals surface area contributed by atoms with Crippen LogP contribution >= 0.6 is 0 Å². The molecule has 3 amide bonds. The first kappa shape index (κ1) is 30.0. The van der Waals surface area contributed by atoms with E-state index in [0.29, 0.717) is 31.2 Å². The topological polar surface area (TPSA) is 94.7 Å². The minimum absolute atomic E-state index is 0.109. The SMILES string of the molecule is O=C1CCC(N2Cc3cc(C4CCN(Cc5ccc(CN6CCN(c7ccc8c(c7)OCO8)CC6)cc5)CC4)ccc3C2=O)C(=O)N1. The molecule has 0 saturated carbocycles. The number of imide groups is 1. The van der Waals surface area contributed by atoms with Crippen molar-refractivity contribution < 1.29 is 23.9 Å². The fourth-order valence-electron chi connectivity index (χ4n) is 7.79. The van der Waals surface area contributed by atoms with Gasteiger partial charge in [0.05, 0.1) is 0 Å². The van der Waals surface area contributed by atoms with Gasteiger partial charge in [0, 0.05) is 69.6 Å². The first-order valence-electron chi connectivity index (χ1n) is 16.9. The maximum absolute atomic E-state index is 13.1. The molecule has 3 aromatic rings. The number of nitrogens with zero attached hydrogens (tertiary/aromatic N) is 4. The quantitative estimate of drug-likeness (QED) is 0.391. The predicted molar refractivity (Wildman–Crippen MR) is 176 cm³/mol. The molecule has 10 nitrogen and oxygen atoms in total. The molecule has 3 saturated heterocycles. The zero-order chi connectivity index (χ0) is 31.9. The summed E-state index contributed by atoms with van der Waals surface area (Å²) >= 11 is 0. The lowest BCUT2D eigenvalue weighted by Crippen LogP contribution is -2.52. The van der Waals surface area contributed by atoms with Gasteiger partial charge in [-0.05, 0) is 78.7 Å². The lowest BCUT2D eigenvalue weighted by atomic mass is 9.87. The Balaban J connectivity index is 0.799. The number of nitrogens with one attached hydrogen (secondary N) is 1. The van der Waals surface area contributed by atoms with Crippen molar-refractivity contribution in [3.8, 4) is 11.5 Å². The Kier molecular flexibility index (Phi) is 8.06. The Bertz CT molecular complexity index is 1680. The summed E-state index contributed by atoms with van der Waals surface area (Å²) < 4.78 is 11.0. The second-order valence-corrected chi connectivity index (χ2v) is 13.5. The van der Waals surface area contributed by atoms with Crippen LogP contribution in [-0.4, -0.2) is 84.5 Å². The molecule has 0 radical (unpaired) electrons. The number of benzene rings is 3. The summed E-state index contributed by atoms with van der Waals surface area (Å²) in [5.74, 6) is 1.40. The van der Waals surface area contributed by atoms with E-state index in [2.05, 4.69) is 68.5 Å². The first-order valence-corrected chi connectivity index (χ1v) is 16.9. The number of hydrogen-bond acceptors (Lipinski definition) is 8. The van der Waals surface area contributed by atoms with Gasteiger partial charge in [-0.25, -0.2) is 0 Å². The number of amides is 3. The molecule has 0 aliphatic carbocycles. The summed E-state index contributed by atoms with van der Waals surface area (Å²) in [6.45, 7) is 8.81. The lowest BCUT2D eigenvalue weighted by molar-refractivity contribution is -0.136. The van der Waals surface area contributed by atoms with Crippen molar-refractivity contribution in [3.63, 3.8) is 0 Å². The van der Waals surface area contributed by atoms with Gasteiger partial charge in [0.1, 0.15) is 6.04 Å². The van der Waals surface area contributed by atoms with Crippen LogP contribution < -0.4 is 19.7 Å². The Morgan fingerprint density at radius 1 is 0.723 bits per heavy atom. The largest absolute Gasteiger partial charge is 0.454 e. The minimum Gasteiger partial charge on any atom is -0.454 e. The van der Waals surface area contributed by atoms with Gasteiger partial charge in [0.2, 0.25) is 18.6 Å². The van der Waals surface area contributed by atoms with Gasteiger partial charge in [-0.3, -0.25) is 29.5 Å². The number of hydrogen-bond donors (Lipinski definition) is 1. The number of ether oxygens (including phenoxy) is 2. The summed E-state index contributed by atoms with van der Waals surface area (Å²) in [5, 5.41) is 2.38. The van der Waals surface area contributed by atoms with Gasteiger partial charge in [-0.1, -0.05) is 36.4 Å². The number of piperidine rings is 2. The Labute approximate surface area is 275 Å². The number of carbonyl (C=O) groups excluding carboxylic acids is 3.